The lowest BCUT2D eigenvalue weighted by atomic mass is 10.1. The van der Waals surface area contributed by atoms with E-state index < -0.39 is 0 Å². The standard InChI is InChI=1S/C10H6Cl2N2/c11-9-8(10(12)14-6-13-9)7-4-2-1-3-5-7/h1-6H. The summed E-state index contributed by atoms with van der Waals surface area (Å²) in [5.41, 5.74) is 1.60. The Bertz CT molecular complexity index is 423. The molecule has 2 rings (SSSR count). The number of benzene rings is 1. The van der Waals surface area contributed by atoms with Crippen molar-refractivity contribution in [3.63, 3.8) is 0 Å². The maximum Gasteiger partial charge on any atom is 0.141 e. The molecule has 2 aromatic rings. The fourth-order valence-electron chi connectivity index (χ4n) is 1.19. The normalized spacial score (nSPS) is 10.1. The van der Waals surface area contributed by atoms with E-state index in [0.29, 0.717) is 15.9 Å². The Labute approximate surface area is 91.5 Å². The molecule has 0 aliphatic carbocycles. The molecule has 0 fully saturated rings. The molecular formula is C10H6Cl2N2. The average molecular weight is 225 g/mol. The quantitative estimate of drug-likeness (QED) is 0.694. The van der Waals surface area contributed by atoms with Gasteiger partial charge in [0.1, 0.15) is 16.6 Å². The van der Waals surface area contributed by atoms with Crippen LogP contribution >= 0.6 is 23.2 Å². The van der Waals surface area contributed by atoms with Gasteiger partial charge in [-0.2, -0.15) is 0 Å². The highest BCUT2D eigenvalue weighted by Crippen LogP contribution is 2.30. The van der Waals surface area contributed by atoms with Crippen LogP contribution in [-0.2, 0) is 0 Å². The molecule has 70 valence electrons. The lowest BCUT2D eigenvalue weighted by Crippen LogP contribution is -1.87. The van der Waals surface area contributed by atoms with Crippen LogP contribution in [0, 0.1) is 0 Å². The Hall–Kier alpha value is -1.12. The molecule has 0 saturated carbocycles. The van der Waals surface area contributed by atoms with E-state index in [1.807, 2.05) is 30.3 Å². The van der Waals surface area contributed by atoms with Crippen LogP contribution in [0.4, 0.5) is 0 Å². The summed E-state index contributed by atoms with van der Waals surface area (Å²) in [6.07, 6.45) is 1.34. The molecule has 0 atom stereocenters. The fourth-order valence-corrected chi connectivity index (χ4v) is 1.72. The van der Waals surface area contributed by atoms with Crippen LogP contribution in [0.25, 0.3) is 11.1 Å². The van der Waals surface area contributed by atoms with Gasteiger partial charge in [-0.05, 0) is 5.56 Å². The van der Waals surface area contributed by atoms with Gasteiger partial charge in [0, 0.05) is 0 Å². The van der Waals surface area contributed by atoms with Gasteiger partial charge in [-0.3, -0.25) is 0 Å². The Kier molecular flexibility index (Phi) is 2.66. The molecular weight excluding hydrogens is 219 g/mol. The minimum absolute atomic E-state index is 0.371. The first-order chi connectivity index (χ1) is 6.79. The number of hydrogen-bond donors (Lipinski definition) is 0. The molecule has 1 heterocycles. The molecule has 0 radical (unpaired) electrons. The molecule has 4 heteroatoms. The maximum atomic E-state index is 5.93. The smallest absolute Gasteiger partial charge is 0.141 e. The number of nitrogens with zero attached hydrogens (tertiary/aromatic N) is 2. The molecule has 0 spiro atoms. The monoisotopic (exact) mass is 224 g/mol. The van der Waals surface area contributed by atoms with Crippen molar-refractivity contribution >= 4 is 23.2 Å². The van der Waals surface area contributed by atoms with Gasteiger partial charge >= 0.3 is 0 Å². The predicted octanol–water partition coefficient (Wildman–Crippen LogP) is 3.45. The van der Waals surface area contributed by atoms with Gasteiger partial charge in [-0.1, -0.05) is 53.5 Å². The number of aromatic nitrogens is 2. The topological polar surface area (TPSA) is 25.8 Å². The highest BCUT2D eigenvalue weighted by molar-refractivity contribution is 6.37. The van der Waals surface area contributed by atoms with Crippen molar-refractivity contribution in [2.24, 2.45) is 0 Å². The largest absolute Gasteiger partial charge is 0.224 e. The summed E-state index contributed by atoms with van der Waals surface area (Å²) in [7, 11) is 0. The summed E-state index contributed by atoms with van der Waals surface area (Å²) in [5.74, 6) is 0. The van der Waals surface area contributed by atoms with E-state index in [1.165, 1.54) is 6.33 Å². The highest BCUT2D eigenvalue weighted by atomic mass is 35.5. The molecule has 0 amide bonds. The van der Waals surface area contributed by atoms with Crippen LogP contribution < -0.4 is 0 Å². The molecule has 0 saturated heterocycles. The molecule has 2 nitrogen and oxygen atoms in total. The van der Waals surface area contributed by atoms with Gasteiger partial charge in [0.2, 0.25) is 0 Å². The minimum atomic E-state index is 0.371. The van der Waals surface area contributed by atoms with E-state index in [1.54, 1.807) is 0 Å². The predicted molar refractivity (Wildman–Crippen MR) is 57.5 cm³/mol. The van der Waals surface area contributed by atoms with Crippen LogP contribution in [0.15, 0.2) is 36.7 Å². The fraction of sp³-hybridized carbons (Fsp3) is 0. The Morgan fingerprint density at radius 1 is 0.857 bits per heavy atom. The summed E-state index contributed by atoms with van der Waals surface area (Å²) in [6, 6.07) is 9.58. The number of hydrogen-bond acceptors (Lipinski definition) is 2. The highest BCUT2D eigenvalue weighted by Gasteiger charge is 2.09. The average Bonchev–Trinajstić information content (AvgIpc) is 2.19. The van der Waals surface area contributed by atoms with Crippen molar-refractivity contribution in [3.05, 3.63) is 47.0 Å². The maximum absolute atomic E-state index is 5.93. The first-order valence-corrected chi connectivity index (χ1v) is 4.76. The first kappa shape index (κ1) is 9.44. The van der Waals surface area contributed by atoms with E-state index in [-0.39, 0.29) is 0 Å². The third-order valence-electron chi connectivity index (χ3n) is 1.82. The van der Waals surface area contributed by atoms with Crippen molar-refractivity contribution in [1.29, 1.82) is 0 Å². The van der Waals surface area contributed by atoms with Gasteiger partial charge in [-0.25, -0.2) is 9.97 Å². The zero-order valence-corrected chi connectivity index (χ0v) is 8.63. The van der Waals surface area contributed by atoms with Gasteiger partial charge < -0.3 is 0 Å². The van der Waals surface area contributed by atoms with Crippen LogP contribution in [0.5, 0.6) is 0 Å². The number of halogens is 2. The molecule has 0 unspecified atom stereocenters. The van der Waals surface area contributed by atoms with Crippen molar-refractivity contribution in [2.75, 3.05) is 0 Å². The summed E-state index contributed by atoms with van der Waals surface area (Å²) in [6.45, 7) is 0. The molecule has 0 aliphatic rings. The van der Waals surface area contributed by atoms with Gasteiger partial charge in [0.15, 0.2) is 0 Å². The molecule has 14 heavy (non-hydrogen) atoms. The van der Waals surface area contributed by atoms with Crippen LogP contribution in [0.2, 0.25) is 10.3 Å². The van der Waals surface area contributed by atoms with E-state index in [2.05, 4.69) is 9.97 Å². The molecule has 0 bridgehead atoms. The summed E-state index contributed by atoms with van der Waals surface area (Å²) < 4.78 is 0. The van der Waals surface area contributed by atoms with Gasteiger partial charge in [0.25, 0.3) is 0 Å². The van der Waals surface area contributed by atoms with Crippen molar-refractivity contribution in [3.8, 4) is 11.1 Å². The molecule has 1 aromatic heterocycles. The summed E-state index contributed by atoms with van der Waals surface area (Å²) >= 11 is 11.9. The third-order valence-corrected chi connectivity index (χ3v) is 2.39. The van der Waals surface area contributed by atoms with Crippen molar-refractivity contribution in [1.82, 2.24) is 9.97 Å². The van der Waals surface area contributed by atoms with Crippen LogP contribution in [0.3, 0.4) is 0 Å². The van der Waals surface area contributed by atoms with Crippen molar-refractivity contribution < 1.29 is 0 Å². The Morgan fingerprint density at radius 3 is 2.00 bits per heavy atom. The zero-order chi connectivity index (χ0) is 9.97. The molecule has 0 N–H and O–H groups in total. The van der Waals surface area contributed by atoms with Gasteiger partial charge in [0.05, 0.1) is 5.56 Å². The third kappa shape index (κ3) is 1.72. The second-order valence-electron chi connectivity index (χ2n) is 2.70. The van der Waals surface area contributed by atoms with Crippen molar-refractivity contribution in [2.45, 2.75) is 0 Å². The second-order valence-corrected chi connectivity index (χ2v) is 3.41. The SMILES string of the molecule is Clc1ncnc(Cl)c1-c1ccccc1. The van der Waals surface area contributed by atoms with E-state index in [4.69, 9.17) is 23.2 Å². The summed E-state index contributed by atoms with van der Waals surface area (Å²) in [5, 5.41) is 0.743. The molecule has 1 aromatic carbocycles. The van der Waals surface area contributed by atoms with Gasteiger partial charge in [-0.15, -0.1) is 0 Å². The van der Waals surface area contributed by atoms with Crippen LogP contribution in [-0.4, -0.2) is 9.97 Å². The minimum Gasteiger partial charge on any atom is -0.224 e. The lowest BCUT2D eigenvalue weighted by molar-refractivity contribution is 1.17. The lowest BCUT2D eigenvalue weighted by Gasteiger charge is -2.04. The summed E-state index contributed by atoms with van der Waals surface area (Å²) in [4.78, 5) is 7.77. The Morgan fingerprint density at radius 2 is 1.43 bits per heavy atom. The van der Waals surface area contributed by atoms with E-state index >= 15 is 0 Å². The molecule has 0 aliphatic heterocycles. The number of rotatable bonds is 1. The van der Waals surface area contributed by atoms with E-state index in [9.17, 15) is 0 Å². The first-order valence-electron chi connectivity index (χ1n) is 4.00. The second kappa shape index (κ2) is 3.95. The van der Waals surface area contributed by atoms with Crippen LogP contribution in [0.1, 0.15) is 0 Å². The van der Waals surface area contributed by atoms with E-state index in [0.717, 1.165) is 5.56 Å². The zero-order valence-electron chi connectivity index (χ0n) is 7.11. The Balaban J connectivity index is 2.63.